The van der Waals surface area contributed by atoms with Crippen LogP contribution in [0, 0.1) is 6.92 Å². The molecule has 0 radical (unpaired) electrons. The number of benzene rings is 1. The molecular formula is C16H20O3. The minimum atomic E-state index is -0.619. The van der Waals surface area contributed by atoms with Crippen molar-refractivity contribution < 1.29 is 14.6 Å². The predicted molar refractivity (Wildman–Crippen MR) is 72.8 cm³/mol. The van der Waals surface area contributed by atoms with Crippen molar-refractivity contribution in [3.63, 3.8) is 0 Å². The summed E-state index contributed by atoms with van der Waals surface area (Å²) in [5.74, 6) is 0. The first-order chi connectivity index (χ1) is 8.95. The number of hydrogen-bond donors (Lipinski definition) is 1. The van der Waals surface area contributed by atoms with Crippen LogP contribution in [0.5, 0.6) is 0 Å². The second-order valence-electron chi connectivity index (χ2n) is 5.91. The van der Waals surface area contributed by atoms with Crippen molar-refractivity contribution in [2.75, 3.05) is 0 Å². The van der Waals surface area contributed by atoms with Gasteiger partial charge in [0.2, 0.25) is 0 Å². The van der Waals surface area contributed by atoms with Gasteiger partial charge in [-0.3, -0.25) is 0 Å². The lowest BCUT2D eigenvalue weighted by Crippen LogP contribution is -2.45. The van der Waals surface area contributed by atoms with Crippen LogP contribution >= 0.6 is 0 Å². The average Bonchev–Trinajstić information content (AvgIpc) is 2.77. The zero-order chi connectivity index (χ0) is 13.7. The molecule has 3 heteroatoms. The van der Waals surface area contributed by atoms with Crippen molar-refractivity contribution >= 4 is 0 Å². The van der Waals surface area contributed by atoms with Gasteiger partial charge in [-0.15, -0.1) is 0 Å². The van der Waals surface area contributed by atoms with Crippen molar-refractivity contribution in [3.8, 4) is 0 Å². The topological polar surface area (TPSA) is 38.7 Å². The van der Waals surface area contributed by atoms with Crippen molar-refractivity contribution in [3.05, 3.63) is 47.5 Å². The van der Waals surface area contributed by atoms with Crippen LogP contribution in [-0.2, 0) is 16.1 Å². The molecule has 1 fully saturated rings. The average molecular weight is 260 g/mol. The second kappa shape index (κ2) is 4.17. The smallest absolute Gasteiger partial charge is 0.119 e. The molecule has 0 saturated carbocycles. The highest BCUT2D eigenvalue weighted by Crippen LogP contribution is 2.47. The van der Waals surface area contributed by atoms with Crippen molar-refractivity contribution in [1.82, 2.24) is 0 Å². The molecule has 102 valence electrons. The molecule has 2 aliphatic rings. The molecule has 0 amide bonds. The van der Waals surface area contributed by atoms with Gasteiger partial charge in [-0.25, -0.2) is 0 Å². The van der Waals surface area contributed by atoms with Gasteiger partial charge in [-0.2, -0.15) is 0 Å². The van der Waals surface area contributed by atoms with Crippen LogP contribution in [0.2, 0.25) is 0 Å². The van der Waals surface area contributed by atoms with Crippen LogP contribution in [0.25, 0.3) is 0 Å². The number of hydrogen-bond acceptors (Lipinski definition) is 3. The van der Waals surface area contributed by atoms with Gasteiger partial charge in [0.1, 0.15) is 23.4 Å². The molecule has 1 aromatic carbocycles. The fourth-order valence-electron chi connectivity index (χ4n) is 3.01. The van der Waals surface area contributed by atoms with E-state index in [0.29, 0.717) is 6.61 Å². The molecule has 2 heterocycles. The SMILES string of the molecule is Cc1ccccc1COC1C(O)[C@@]2(C)C=C[C@]1(C)O2. The Kier molecular flexibility index (Phi) is 2.82. The van der Waals surface area contributed by atoms with Gasteiger partial charge in [0, 0.05) is 0 Å². The van der Waals surface area contributed by atoms with Gasteiger partial charge in [0.25, 0.3) is 0 Å². The van der Waals surface area contributed by atoms with E-state index in [-0.39, 0.29) is 6.10 Å². The largest absolute Gasteiger partial charge is 0.387 e. The molecule has 4 atom stereocenters. The minimum absolute atomic E-state index is 0.317. The van der Waals surface area contributed by atoms with E-state index >= 15 is 0 Å². The quantitative estimate of drug-likeness (QED) is 0.848. The Bertz CT molecular complexity index is 524. The van der Waals surface area contributed by atoms with E-state index in [0.717, 1.165) is 5.56 Å². The summed E-state index contributed by atoms with van der Waals surface area (Å²) >= 11 is 0. The van der Waals surface area contributed by atoms with Gasteiger partial charge in [-0.1, -0.05) is 36.4 Å². The number of aliphatic hydroxyl groups excluding tert-OH is 1. The van der Waals surface area contributed by atoms with Crippen LogP contribution < -0.4 is 0 Å². The first-order valence-electron chi connectivity index (χ1n) is 6.69. The maximum absolute atomic E-state index is 10.3. The van der Waals surface area contributed by atoms with Gasteiger partial charge in [-0.05, 0) is 31.9 Å². The summed E-state index contributed by atoms with van der Waals surface area (Å²) in [5.41, 5.74) is 1.23. The molecule has 0 spiro atoms. The zero-order valence-corrected chi connectivity index (χ0v) is 11.6. The lowest BCUT2D eigenvalue weighted by Gasteiger charge is -2.29. The van der Waals surface area contributed by atoms with E-state index in [1.165, 1.54) is 5.56 Å². The monoisotopic (exact) mass is 260 g/mol. The fourth-order valence-corrected chi connectivity index (χ4v) is 3.01. The molecule has 2 bridgehead atoms. The van der Waals surface area contributed by atoms with E-state index in [1.54, 1.807) is 0 Å². The summed E-state index contributed by atoms with van der Waals surface area (Å²) in [6.07, 6.45) is 3.00. The van der Waals surface area contributed by atoms with Crippen LogP contribution in [0.15, 0.2) is 36.4 Å². The van der Waals surface area contributed by atoms with E-state index in [9.17, 15) is 5.11 Å². The second-order valence-corrected chi connectivity index (χ2v) is 5.91. The normalized spacial score (nSPS) is 40.0. The molecule has 1 saturated heterocycles. The van der Waals surface area contributed by atoms with Gasteiger partial charge in [0.05, 0.1) is 6.61 Å². The lowest BCUT2D eigenvalue weighted by molar-refractivity contribution is -0.0718. The number of fused-ring (bicyclic) bond motifs is 2. The summed E-state index contributed by atoms with van der Waals surface area (Å²) in [6, 6.07) is 8.13. The molecule has 0 aromatic heterocycles. The van der Waals surface area contributed by atoms with Gasteiger partial charge < -0.3 is 14.6 Å². The van der Waals surface area contributed by atoms with Crippen LogP contribution in [0.4, 0.5) is 0 Å². The number of aliphatic hydroxyl groups is 1. The zero-order valence-electron chi connectivity index (χ0n) is 11.6. The van der Waals surface area contributed by atoms with Crippen LogP contribution in [-0.4, -0.2) is 28.5 Å². The van der Waals surface area contributed by atoms with E-state index in [2.05, 4.69) is 19.1 Å². The molecule has 0 aliphatic carbocycles. The molecule has 19 heavy (non-hydrogen) atoms. The van der Waals surface area contributed by atoms with Crippen molar-refractivity contribution in [2.24, 2.45) is 0 Å². The third kappa shape index (κ3) is 1.93. The van der Waals surface area contributed by atoms with Crippen molar-refractivity contribution in [1.29, 1.82) is 0 Å². The first kappa shape index (κ1) is 12.9. The molecule has 2 aliphatic heterocycles. The third-order valence-electron chi connectivity index (χ3n) is 4.30. The molecule has 2 unspecified atom stereocenters. The summed E-state index contributed by atoms with van der Waals surface area (Å²) < 4.78 is 11.9. The highest BCUT2D eigenvalue weighted by molar-refractivity contribution is 5.30. The van der Waals surface area contributed by atoms with Crippen molar-refractivity contribution in [2.45, 2.75) is 50.8 Å². The summed E-state index contributed by atoms with van der Waals surface area (Å²) in [5, 5.41) is 10.3. The highest BCUT2D eigenvalue weighted by atomic mass is 16.6. The van der Waals surface area contributed by atoms with E-state index < -0.39 is 17.3 Å². The first-order valence-corrected chi connectivity index (χ1v) is 6.69. The summed E-state index contributed by atoms with van der Waals surface area (Å²) in [4.78, 5) is 0. The van der Waals surface area contributed by atoms with Crippen LogP contribution in [0.1, 0.15) is 25.0 Å². The maximum atomic E-state index is 10.3. The van der Waals surface area contributed by atoms with Crippen LogP contribution in [0.3, 0.4) is 0 Å². The predicted octanol–water partition coefficient (Wildman–Crippen LogP) is 2.36. The molecule has 1 aromatic rings. The van der Waals surface area contributed by atoms with E-state index in [4.69, 9.17) is 9.47 Å². The molecular weight excluding hydrogens is 240 g/mol. The summed E-state index contributed by atoms with van der Waals surface area (Å²) in [6.45, 7) is 6.43. The number of aryl methyl sites for hydroxylation is 1. The Morgan fingerprint density at radius 3 is 2.53 bits per heavy atom. The molecule has 3 nitrogen and oxygen atoms in total. The van der Waals surface area contributed by atoms with E-state index in [1.807, 2.05) is 38.1 Å². The standard InChI is InChI=1S/C16H20O3/c1-11-6-4-5-7-12(11)10-18-14-13(17)15(2)8-9-16(14,3)19-15/h4-9,13-14,17H,10H2,1-3H3/t13?,14?,15-,16+/m1/s1. The third-order valence-corrected chi connectivity index (χ3v) is 4.30. The molecule has 1 N–H and O–H groups in total. The Balaban J connectivity index is 1.75. The Morgan fingerprint density at radius 1 is 1.21 bits per heavy atom. The highest BCUT2D eigenvalue weighted by Gasteiger charge is 2.60. The summed E-state index contributed by atoms with van der Waals surface area (Å²) in [7, 11) is 0. The fraction of sp³-hybridized carbons (Fsp3) is 0.500. The van der Waals surface area contributed by atoms with Gasteiger partial charge >= 0.3 is 0 Å². The lowest BCUT2D eigenvalue weighted by atomic mass is 9.85. The number of ether oxygens (including phenoxy) is 2. The maximum Gasteiger partial charge on any atom is 0.119 e. The number of rotatable bonds is 3. The Morgan fingerprint density at radius 2 is 1.89 bits per heavy atom. The minimum Gasteiger partial charge on any atom is -0.387 e. The Hall–Kier alpha value is -1.16. The molecule has 3 rings (SSSR count). The van der Waals surface area contributed by atoms with Gasteiger partial charge in [0.15, 0.2) is 0 Å². The Labute approximate surface area is 113 Å².